The molecule has 2 saturated heterocycles. The molecule has 0 bridgehead atoms. The Morgan fingerprint density at radius 2 is 1.72 bits per heavy atom. The first-order valence-corrected chi connectivity index (χ1v) is 14.6. The van der Waals surface area contributed by atoms with E-state index in [1.807, 2.05) is 0 Å². The summed E-state index contributed by atoms with van der Waals surface area (Å²) in [6.07, 6.45) is -4.63. The van der Waals surface area contributed by atoms with E-state index in [1.54, 1.807) is 13.8 Å². The molecule has 0 radical (unpaired) electrons. The van der Waals surface area contributed by atoms with Gasteiger partial charge in [-0.05, 0) is 69.6 Å². The summed E-state index contributed by atoms with van der Waals surface area (Å²) in [7, 11) is 0. The monoisotopic (exact) mass is 612 g/mol. The van der Waals surface area contributed by atoms with E-state index in [0.717, 1.165) is 50.2 Å². The van der Waals surface area contributed by atoms with Crippen molar-refractivity contribution in [1.82, 2.24) is 10.2 Å². The predicted molar refractivity (Wildman–Crippen MR) is 146 cm³/mol. The molecule has 0 spiro atoms. The molecular weight excluding hydrogens is 575 g/mol. The number of alkyl halides is 3. The Hall–Kier alpha value is -2.64. The summed E-state index contributed by atoms with van der Waals surface area (Å²) in [6, 6.07) is 8.23. The number of nitrogens with zero attached hydrogens (tertiary/aromatic N) is 1. The van der Waals surface area contributed by atoms with E-state index in [0.29, 0.717) is 13.1 Å². The first-order valence-electron chi connectivity index (χ1n) is 14.6. The van der Waals surface area contributed by atoms with E-state index in [1.165, 1.54) is 18.2 Å². The van der Waals surface area contributed by atoms with E-state index in [9.17, 15) is 26.7 Å². The molecule has 2 aromatic rings. The van der Waals surface area contributed by atoms with Gasteiger partial charge in [-0.25, -0.2) is 8.78 Å². The zero-order valence-electron chi connectivity index (χ0n) is 24.2. The van der Waals surface area contributed by atoms with Crippen LogP contribution >= 0.6 is 0 Å². The van der Waals surface area contributed by atoms with Crippen molar-refractivity contribution in [3.8, 4) is 0 Å². The van der Waals surface area contributed by atoms with Crippen LogP contribution in [0.3, 0.4) is 0 Å². The fraction of sp³-hybridized carbons (Fsp3) is 0.581. The number of nitrogens with one attached hydrogen (secondary N) is 1. The average Bonchev–Trinajstić information content (AvgIpc) is 3.57. The maximum absolute atomic E-state index is 14.4. The molecule has 5 rings (SSSR count). The van der Waals surface area contributed by atoms with Crippen LogP contribution in [-0.4, -0.2) is 66.7 Å². The molecule has 1 aliphatic carbocycles. The lowest BCUT2D eigenvalue weighted by Crippen LogP contribution is -2.60. The van der Waals surface area contributed by atoms with Gasteiger partial charge in [0.05, 0.1) is 31.0 Å². The predicted octanol–water partition coefficient (Wildman–Crippen LogP) is 5.35. The number of ether oxygens (including phenoxy) is 4. The molecule has 2 heterocycles. The van der Waals surface area contributed by atoms with Gasteiger partial charge in [0.2, 0.25) is 0 Å². The molecule has 0 aromatic heterocycles. The van der Waals surface area contributed by atoms with Crippen molar-refractivity contribution in [2.45, 2.75) is 88.6 Å². The van der Waals surface area contributed by atoms with Gasteiger partial charge in [0.15, 0.2) is 11.4 Å². The molecule has 1 N–H and O–H groups in total. The zero-order chi connectivity index (χ0) is 30.8. The number of hydrogen-bond donors (Lipinski definition) is 1. The second-order valence-electron chi connectivity index (χ2n) is 11.9. The third-order valence-corrected chi connectivity index (χ3v) is 8.25. The molecule has 236 valence electrons. The minimum Gasteiger partial charge on any atom is -0.370 e. The first kappa shape index (κ1) is 31.8. The highest BCUT2D eigenvalue weighted by Crippen LogP contribution is 2.44. The summed E-state index contributed by atoms with van der Waals surface area (Å²) < 4.78 is 93.5. The molecule has 4 atom stereocenters. The quantitative estimate of drug-likeness (QED) is 0.365. The lowest BCUT2D eigenvalue weighted by atomic mass is 9.78. The standard InChI is InChI=1S/C31H37F5N2O5/c1-29(2)42-26-17-30(28(39)37-11-14-38-12-3-4-13-38,41-18-20-7-5-8-21(15-20)31(34,35)36)16-25(27(26)43-29)40-19-22-23(32)9-6-10-24(22)33/h5-10,15,25-27H,3-4,11-14,16-19H2,1-2H3,(H,37,39)/t25?,26-,27+,30-/m1/s1. The molecule has 3 fully saturated rings. The van der Waals surface area contributed by atoms with Crippen LogP contribution < -0.4 is 5.32 Å². The Kier molecular flexibility index (Phi) is 9.43. The lowest BCUT2D eigenvalue weighted by Gasteiger charge is -2.43. The fourth-order valence-corrected chi connectivity index (χ4v) is 6.12. The van der Waals surface area contributed by atoms with E-state index in [4.69, 9.17) is 18.9 Å². The van der Waals surface area contributed by atoms with Gasteiger partial charge in [-0.2, -0.15) is 13.2 Å². The summed E-state index contributed by atoms with van der Waals surface area (Å²) in [4.78, 5) is 16.1. The van der Waals surface area contributed by atoms with Gasteiger partial charge >= 0.3 is 6.18 Å². The third kappa shape index (κ3) is 7.54. The lowest BCUT2D eigenvalue weighted by molar-refractivity contribution is -0.183. The molecule has 2 aliphatic heterocycles. The largest absolute Gasteiger partial charge is 0.416 e. The molecule has 1 amide bonds. The zero-order valence-corrected chi connectivity index (χ0v) is 24.2. The van der Waals surface area contributed by atoms with Crippen LogP contribution in [0, 0.1) is 11.6 Å². The van der Waals surface area contributed by atoms with Crippen molar-refractivity contribution < 1.29 is 45.7 Å². The highest BCUT2D eigenvalue weighted by atomic mass is 19.4. The van der Waals surface area contributed by atoms with Crippen LogP contribution in [0.2, 0.25) is 0 Å². The molecule has 43 heavy (non-hydrogen) atoms. The van der Waals surface area contributed by atoms with E-state index in [-0.39, 0.29) is 30.6 Å². The van der Waals surface area contributed by atoms with Crippen LogP contribution in [0.25, 0.3) is 0 Å². The molecule has 1 saturated carbocycles. The summed E-state index contributed by atoms with van der Waals surface area (Å²) in [5.41, 5.74) is -2.45. The number of hydrogen-bond acceptors (Lipinski definition) is 6. The van der Waals surface area contributed by atoms with Crippen LogP contribution in [0.4, 0.5) is 22.0 Å². The Balaban J connectivity index is 1.40. The maximum Gasteiger partial charge on any atom is 0.416 e. The van der Waals surface area contributed by atoms with Gasteiger partial charge in [-0.3, -0.25) is 4.79 Å². The number of amides is 1. The second kappa shape index (κ2) is 12.8. The topological polar surface area (TPSA) is 69.3 Å². The Morgan fingerprint density at radius 3 is 2.42 bits per heavy atom. The van der Waals surface area contributed by atoms with Gasteiger partial charge < -0.3 is 29.2 Å². The first-order chi connectivity index (χ1) is 20.4. The highest BCUT2D eigenvalue weighted by molar-refractivity contribution is 5.85. The van der Waals surface area contributed by atoms with Crippen molar-refractivity contribution in [3.05, 3.63) is 70.8 Å². The normalized spacial score (nSPS) is 27.3. The Morgan fingerprint density at radius 1 is 1.02 bits per heavy atom. The van der Waals surface area contributed by atoms with Gasteiger partial charge in [-0.15, -0.1) is 0 Å². The number of rotatable bonds is 10. The molecule has 7 nitrogen and oxygen atoms in total. The van der Waals surface area contributed by atoms with Crippen molar-refractivity contribution >= 4 is 5.91 Å². The van der Waals surface area contributed by atoms with Crippen molar-refractivity contribution in [1.29, 1.82) is 0 Å². The third-order valence-electron chi connectivity index (χ3n) is 8.25. The van der Waals surface area contributed by atoms with Crippen molar-refractivity contribution in [2.24, 2.45) is 0 Å². The van der Waals surface area contributed by atoms with Gasteiger partial charge in [0.1, 0.15) is 17.7 Å². The number of fused-ring (bicyclic) bond motifs is 1. The summed E-state index contributed by atoms with van der Waals surface area (Å²) in [5.74, 6) is -3.05. The SMILES string of the molecule is CC1(C)O[C@@H]2C[C@@](OCc3cccc(C(F)(F)F)c3)(C(=O)NCCN3CCCC3)CC(OCc3c(F)cccc3F)[C@@H]2O1. The summed E-state index contributed by atoms with van der Waals surface area (Å²) in [6.45, 7) is 5.56. The van der Waals surface area contributed by atoms with E-state index < -0.39 is 65.6 Å². The number of carbonyl (C=O) groups excluding carboxylic acids is 1. The smallest absolute Gasteiger partial charge is 0.370 e. The molecule has 1 unspecified atom stereocenters. The molecule has 12 heteroatoms. The second-order valence-corrected chi connectivity index (χ2v) is 11.9. The van der Waals surface area contributed by atoms with Crippen LogP contribution in [-0.2, 0) is 43.1 Å². The van der Waals surface area contributed by atoms with Crippen molar-refractivity contribution in [2.75, 3.05) is 26.2 Å². The van der Waals surface area contributed by atoms with Gasteiger partial charge in [-0.1, -0.05) is 18.2 Å². The van der Waals surface area contributed by atoms with Gasteiger partial charge in [0.25, 0.3) is 5.91 Å². The number of carbonyl (C=O) groups is 1. The molecule has 3 aliphatic rings. The van der Waals surface area contributed by atoms with Crippen molar-refractivity contribution in [3.63, 3.8) is 0 Å². The van der Waals surface area contributed by atoms with Crippen LogP contribution in [0.1, 0.15) is 56.2 Å². The summed E-state index contributed by atoms with van der Waals surface area (Å²) in [5, 5.41) is 2.95. The van der Waals surface area contributed by atoms with Crippen LogP contribution in [0.5, 0.6) is 0 Å². The Bertz CT molecular complexity index is 1270. The van der Waals surface area contributed by atoms with E-state index in [2.05, 4.69) is 10.2 Å². The van der Waals surface area contributed by atoms with E-state index >= 15 is 0 Å². The minimum atomic E-state index is -4.54. The number of halogens is 5. The van der Waals surface area contributed by atoms with Crippen LogP contribution in [0.15, 0.2) is 42.5 Å². The highest BCUT2D eigenvalue weighted by Gasteiger charge is 2.58. The number of likely N-dealkylation sites (tertiary alicyclic amines) is 1. The van der Waals surface area contributed by atoms with Gasteiger partial charge in [0, 0.05) is 31.5 Å². The average molecular weight is 613 g/mol. The maximum atomic E-state index is 14.4. The molecule has 2 aromatic carbocycles. The number of benzene rings is 2. The minimum absolute atomic E-state index is 0.0452. The Labute approximate surface area is 247 Å². The fourth-order valence-electron chi connectivity index (χ4n) is 6.12. The molecular formula is C31H37F5N2O5. The summed E-state index contributed by atoms with van der Waals surface area (Å²) >= 11 is 0.